The Morgan fingerprint density at radius 2 is 2.00 bits per heavy atom. The largest absolute Gasteiger partial charge is 0.325 e. The zero-order chi connectivity index (χ0) is 15.7. The van der Waals surface area contributed by atoms with Crippen LogP contribution < -0.4 is 5.32 Å². The maximum absolute atomic E-state index is 12.4. The summed E-state index contributed by atoms with van der Waals surface area (Å²) in [6, 6.07) is 6.29. The predicted octanol–water partition coefficient (Wildman–Crippen LogP) is 1.49. The highest BCUT2D eigenvalue weighted by atomic mass is 16.5. The van der Waals surface area contributed by atoms with Crippen molar-refractivity contribution in [3.8, 4) is 0 Å². The number of carbonyl (C=O) groups excluding carboxylic acids is 3. The van der Waals surface area contributed by atoms with E-state index in [4.69, 9.17) is 0 Å². The fourth-order valence-corrected chi connectivity index (χ4v) is 2.59. The Labute approximate surface area is 126 Å². The number of hydroxylamine groups is 2. The highest BCUT2D eigenvalue weighted by Crippen LogP contribution is 2.29. The average Bonchev–Trinajstić information content (AvgIpc) is 2.54. The van der Waals surface area contributed by atoms with Gasteiger partial charge in [-0.25, -0.2) is 0 Å². The number of amides is 3. The van der Waals surface area contributed by atoms with Gasteiger partial charge >= 0.3 is 0 Å². The minimum atomic E-state index is -1.24. The summed E-state index contributed by atoms with van der Waals surface area (Å²) >= 11 is 0. The van der Waals surface area contributed by atoms with E-state index in [1.54, 1.807) is 24.3 Å². The molecule has 112 valence electrons. The fourth-order valence-electron chi connectivity index (χ4n) is 2.59. The van der Waals surface area contributed by atoms with Gasteiger partial charge < -0.3 is 5.32 Å². The Bertz CT molecular complexity index is 721. The lowest BCUT2D eigenvalue weighted by Crippen LogP contribution is -2.47. The van der Waals surface area contributed by atoms with Crippen LogP contribution in [-0.4, -0.2) is 28.0 Å². The molecule has 0 bridgehead atoms. The molecule has 1 unspecified atom stereocenters. The molecular weight excluding hydrogens is 284 g/mol. The Morgan fingerprint density at radius 3 is 2.73 bits per heavy atom. The van der Waals surface area contributed by atoms with Crippen molar-refractivity contribution < 1.29 is 19.6 Å². The van der Waals surface area contributed by atoms with Gasteiger partial charge in [0.25, 0.3) is 11.8 Å². The molecule has 0 aromatic heterocycles. The number of nitrogens with zero attached hydrogens (tertiary/aromatic N) is 1. The van der Waals surface area contributed by atoms with Crippen LogP contribution in [0.15, 0.2) is 48.2 Å². The van der Waals surface area contributed by atoms with Crippen LogP contribution in [0.25, 0.3) is 0 Å². The molecule has 3 rings (SSSR count). The third-order valence-corrected chi connectivity index (χ3v) is 3.67. The summed E-state index contributed by atoms with van der Waals surface area (Å²) in [7, 11) is 0. The highest BCUT2D eigenvalue weighted by molar-refractivity contribution is 6.18. The maximum atomic E-state index is 12.4. The molecule has 2 N–H and O–H groups in total. The van der Waals surface area contributed by atoms with Crippen LogP contribution in [0, 0.1) is 0 Å². The number of carbonyl (C=O) groups is 3. The summed E-state index contributed by atoms with van der Waals surface area (Å²) in [5, 5.41) is 12.3. The molecule has 1 aromatic rings. The minimum absolute atomic E-state index is 0.0116. The van der Waals surface area contributed by atoms with Crippen molar-refractivity contribution in [1.29, 1.82) is 0 Å². The molecule has 1 atom stereocenters. The maximum Gasteiger partial charge on any atom is 0.284 e. The van der Waals surface area contributed by atoms with Crippen LogP contribution in [-0.2, 0) is 9.59 Å². The fraction of sp³-hybridized carbons (Fsp3) is 0.188. The van der Waals surface area contributed by atoms with Gasteiger partial charge in [-0.05, 0) is 30.5 Å². The van der Waals surface area contributed by atoms with Gasteiger partial charge in [-0.3, -0.25) is 19.6 Å². The van der Waals surface area contributed by atoms with E-state index in [0.29, 0.717) is 11.3 Å². The molecule has 0 fully saturated rings. The predicted molar refractivity (Wildman–Crippen MR) is 76.7 cm³/mol. The number of hydrogen-bond acceptors (Lipinski definition) is 4. The van der Waals surface area contributed by atoms with E-state index >= 15 is 0 Å². The molecule has 1 heterocycles. The Hall–Kier alpha value is -2.73. The Kier molecular flexibility index (Phi) is 3.60. The van der Waals surface area contributed by atoms with Gasteiger partial charge in [0.15, 0.2) is 0 Å². The second kappa shape index (κ2) is 5.57. The van der Waals surface area contributed by atoms with Crippen LogP contribution in [0.2, 0.25) is 0 Å². The average molecular weight is 298 g/mol. The number of benzene rings is 1. The van der Waals surface area contributed by atoms with Crippen molar-refractivity contribution in [2.45, 2.75) is 18.8 Å². The standard InChI is InChI=1S/C16H14N2O4/c19-14(17-10-6-2-1-3-7-10)13-11-8-4-5-9-12(11)15(20)18(22)16(13)21/h2,4-9,13,22H,1,3H2,(H,17,19). The van der Waals surface area contributed by atoms with Crippen molar-refractivity contribution in [3.63, 3.8) is 0 Å². The lowest BCUT2D eigenvalue weighted by Gasteiger charge is -2.27. The van der Waals surface area contributed by atoms with Crippen LogP contribution >= 0.6 is 0 Å². The molecule has 0 spiro atoms. The van der Waals surface area contributed by atoms with Crippen LogP contribution in [0.4, 0.5) is 0 Å². The molecule has 22 heavy (non-hydrogen) atoms. The first-order chi connectivity index (χ1) is 10.6. The molecule has 2 aliphatic rings. The smallest absolute Gasteiger partial charge is 0.284 e. The van der Waals surface area contributed by atoms with Crippen LogP contribution in [0.1, 0.15) is 34.7 Å². The van der Waals surface area contributed by atoms with Gasteiger partial charge in [0.05, 0.1) is 0 Å². The van der Waals surface area contributed by atoms with E-state index < -0.39 is 23.6 Å². The summed E-state index contributed by atoms with van der Waals surface area (Å²) < 4.78 is 0. The van der Waals surface area contributed by atoms with Crippen LogP contribution in [0.3, 0.4) is 0 Å². The first kappa shape index (κ1) is 14.2. The number of rotatable bonds is 2. The quantitative estimate of drug-likeness (QED) is 0.492. The van der Waals surface area contributed by atoms with E-state index in [-0.39, 0.29) is 10.6 Å². The number of allylic oxidation sites excluding steroid dienone is 3. The van der Waals surface area contributed by atoms with Crippen molar-refractivity contribution in [2.75, 3.05) is 0 Å². The third kappa shape index (κ3) is 2.33. The lowest BCUT2D eigenvalue weighted by atomic mass is 9.88. The van der Waals surface area contributed by atoms with Crippen molar-refractivity contribution in [2.24, 2.45) is 0 Å². The summed E-state index contributed by atoms with van der Waals surface area (Å²) in [5.41, 5.74) is 1.07. The number of nitrogens with one attached hydrogen (secondary N) is 1. The van der Waals surface area contributed by atoms with E-state index in [9.17, 15) is 19.6 Å². The van der Waals surface area contributed by atoms with E-state index in [2.05, 4.69) is 5.32 Å². The van der Waals surface area contributed by atoms with Crippen LogP contribution in [0.5, 0.6) is 0 Å². The van der Waals surface area contributed by atoms with Gasteiger partial charge in [-0.2, -0.15) is 5.06 Å². The van der Waals surface area contributed by atoms with Gasteiger partial charge in [-0.15, -0.1) is 0 Å². The first-order valence-electron chi connectivity index (χ1n) is 6.93. The SMILES string of the molecule is O=C(NC1=CCCC=C1)C1C(=O)N(O)C(=O)c2ccccc21. The monoisotopic (exact) mass is 298 g/mol. The molecule has 0 radical (unpaired) electrons. The van der Waals surface area contributed by atoms with E-state index in [1.807, 2.05) is 12.2 Å². The normalized spacial score (nSPS) is 20.5. The van der Waals surface area contributed by atoms with Gasteiger partial charge in [0.1, 0.15) is 5.92 Å². The van der Waals surface area contributed by atoms with E-state index in [1.165, 1.54) is 6.07 Å². The Balaban J connectivity index is 1.95. The molecular formula is C16H14N2O4. The second-order valence-corrected chi connectivity index (χ2v) is 5.10. The first-order valence-corrected chi connectivity index (χ1v) is 6.93. The van der Waals surface area contributed by atoms with Crippen molar-refractivity contribution in [1.82, 2.24) is 10.4 Å². The molecule has 6 nitrogen and oxygen atoms in total. The summed E-state index contributed by atoms with van der Waals surface area (Å²) in [6.45, 7) is 0. The number of imide groups is 1. The summed E-state index contributed by atoms with van der Waals surface area (Å²) in [6.07, 6.45) is 7.27. The highest BCUT2D eigenvalue weighted by Gasteiger charge is 2.42. The third-order valence-electron chi connectivity index (χ3n) is 3.67. The second-order valence-electron chi connectivity index (χ2n) is 5.10. The summed E-state index contributed by atoms with van der Waals surface area (Å²) in [4.78, 5) is 36.5. The zero-order valence-corrected chi connectivity index (χ0v) is 11.7. The van der Waals surface area contributed by atoms with Crippen molar-refractivity contribution >= 4 is 17.7 Å². The molecule has 1 aliphatic heterocycles. The number of hydrogen-bond donors (Lipinski definition) is 2. The molecule has 0 saturated carbocycles. The molecule has 6 heteroatoms. The molecule has 0 saturated heterocycles. The van der Waals surface area contributed by atoms with Gasteiger partial charge in [-0.1, -0.05) is 30.4 Å². The summed E-state index contributed by atoms with van der Waals surface area (Å²) in [5.74, 6) is -3.57. The molecule has 1 aromatic carbocycles. The lowest BCUT2D eigenvalue weighted by molar-refractivity contribution is -0.158. The molecule has 3 amide bonds. The van der Waals surface area contributed by atoms with Crippen molar-refractivity contribution in [3.05, 3.63) is 59.3 Å². The number of fused-ring (bicyclic) bond motifs is 1. The molecule has 1 aliphatic carbocycles. The van der Waals surface area contributed by atoms with Gasteiger partial charge in [0.2, 0.25) is 5.91 Å². The topological polar surface area (TPSA) is 86.7 Å². The van der Waals surface area contributed by atoms with E-state index in [0.717, 1.165) is 12.8 Å². The van der Waals surface area contributed by atoms with Gasteiger partial charge in [0, 0.05) is 11.3 Å². The zero-order valence-electron chi connectivity index (χ0n) is 11.7. The Morgan fingerprint density at radius 1 is 1.23 bits per heavy atom. The minimum Gasteiger partial charge on any atom is -0.325 e.